The number of guanidine groups is 1. The number of hydrogen-bond donors (Lipinski definition) is 2. The van der Waals surface area contributed by atoms with Crippen molar-refractivity contribution in [3.63, 3.8) is 0 Å². The lowest BCUT2D eigenvalue weighted by Crippen LogP contribution is -2.58. The summed E-state index contributed by atoms with van der Waals surface area (Å²) in [5.74, 6) is 0.976. The number of nitrogens with zero attached hydrogens (tertiary/aromatic N) is 3. The van der Waals surface area contributed by atoms with E-state index < -0.39 is 0 Å². The van der Waals surface area contributed by atoms with Crippen LogP contribution in [0.15, 0.2) is 17.1 Å². The average molecular weight is 420 g/mol. The summed E-state index contributed by atoms with van der Waals surface area (Å²) in [6, 6.07) is 4.84. The number of likely N-dealkylation sites (tertiary alicyclic amines) is 2. The highest BCUT2D eigenvalue weighted by Crippen LogP contribution is 2.31. The molecular formula is C23H41N5S. The molecule has 3 rings (SSSR count). The molecule has 2 aliphatic rings. The molecule has 0 spiro atoms. The first kappa shape index (κ1) is 22.6. The maximum Gasteiger partial charge on any atom is 0.191 e. The Morgan fingerprint density at radius 2 is 1.90 bits per heavy atom. The van der Waals surface area contributed by atoms with E-state index in [4.69, 9.17) is 4.99 Å². The van der Waals surface area contributed by atoms with E-state index in [0.717, 1.165) is 25.5 Å². The van der Waals surface area contributed by atoms with Gasteiger partial charge in [-0.3, -0.25) is 9.89 Å². The fraction of sp³-hybridized carbons (Fsp3) is 0.783. The highest BCUT2D eigenvalue weighted by molar-refractivity contribution is 7.11. The summed E-state index contributed by atoms with van der Waals surface area (Å²) in [5, 5.41) is 7.15. The van der Waals surface area contributed by atoms with Crippen LogP contribution in [-0.4, -0.2) is 73.7 Å². The smallest absolute Gasteiger partial charge is 0.191 e. The molecule has 2 saturated heterocycles. The second kappa shape index (κ2) is 10.8. The van der Waals surface area contributed by atoms with Crippen molar-refractivity contribution in [2.45, 2.75) is 70.9 Å². The van der Waals surface area contributed by atoms with Gasteiger partial charge in [0.05, 0.1) is 6.54 Å². The Kier molecular flexibility index (Phi) is 8.39. The van der Waals surface area contributed by atoms with Gasteiger partial charge in [0.2, 0.25) is 0 Å². The second-order valence-corrected chi connectivity index (χ2v) is 10.4. The zero-order valence-corrected chi connectivity index (χ0v) is 19.8. The number of piperidine rings is 2. The van der Waals surface area contributed by atoms with Gasteiger partial charge < -0.3 is 15.5 Å². The van der Waals surface area contributed by atoms with E-state index in [1.54, 1.807) is 0 Å². The minimum absolute atomic E-state index is 0.239. The van der Waals surface area contributed by atoms with Crippen LogP contribution in [0.25, 0.3) is 0 Å². The van der Waals surface area contributed by atoms with Crippen LogP contribution in [0, 0.1) is 6.92 Å². The summed E-state index contributed by atoms with van der Waals surface area (Å²) in [7, 11) is 2.25. The van der Waals surface area contributed by atoms with E-state index in [9.17, 15) is 0 Å². The molecule has 1 aromatic heterocycles. The number of aliphatic imine (C=N–C) groups is 1. The Bertz CT molecular complexity index is 641. The van der Waals surface area contributed by atoms with Gasteiger partial charge in [-0.2, -0.15) is 0 Å². The van der Waals surface area contributed by atoms with Crippen LogP contribution in [0.3, 0.4) is 0 Å². The van der Waals surface area contributed by atoms with Gasteiger partial charge in [-0.1, -0.05) is 6.42 Å². The Morgan fingerprint density at radius 3 is 2.52 bits per heavy atom. The first-order chi connectivity index (χ1) is 14.0. The van der Waals surface area contributed by atoms with Crippen LogP contribution in [0.5, 0.6) is 0 Å². The zero-order valence-electron chi connectivity index (χ0n) is 19.0. The van der Waals surface area contributed by atoms with Crippen LogP contribution in [0.1, 0.15) is 55.7 Å². The van der Waals surface area contributed by atoms with Crippen LogP contribution in [0.2, 0.25) is 0 Å². The molecule has 6 heteroatoms. The molecule has 3 heterocycles. The number of hydrogen-bond acceptors (Lipinski definition) is 4. The van der Waals surface area contributed by atoms with E-state index in [-0.39, 0.29) is 5.54 Å². The summed E-state index contributed by atoms with van der Waals surface area (Å²) in [5.41, 5.74) is 0.239. The molecule has 1 aromatic rings. The Hall–Kier alpha value is -1.11. The van der Waals surface area contributed by atoms with Crippen molar-refractivity contribution in [1.82, 2.24) is 20.4 Å². The predicted octanol–water partition coefficient (Wildman–Crippen LogP) is 3.49. The fourth-order valence-corrected chi connectivity index (χ4v) is 5.72. The van der Waals surface area contributed by atoms with Crippen molar-refractivity contribution in [2.24, 2.45) is 4.99 Å². The molecule has 0 radical (unpaired) electrons. The molecule has 0 bridgehead atoms. The lowest BCUT2D eigenvalue weighted by molar-refractivity contribution is 0.0208. The topological polar surface area (TPSA) is 42.9 Å². The zero-order chi connectivity index (χ0) is 20.7. The number of thiophene rings is 1. The highest BCUT2D eigenvalue weighted by Gasteiger charge is 2.39. The Balaban J connectivity index is 1.66. The summed E-state index contributed by atoms with van der Waals surface area (Å²) < 4.78 is 0. The molecule has 0 aromatic carbocycles. The third kappa shape index (κ3) is 6.43. The minimum atomic E-state index is 0.239. The third-order valence-corrected chi connectivity index (χ3v) is 7.53. The number of rotatable bonds is 7. The first-order valence-electron chi connectivity index (χ1n) is 11.5. The second-order valence-electron chi connectivity index (χ2n) is 9.03. The monoisotopic (exact) mass is 419 g/mol. The molecule has 1 unspecified atom stereocenters. The minimum Gasteiger partial charge on any atom is -0.357 e. The lowest BCUT2D eigenvalue weighted by Gasteiger charge is -2.49. The van der Waals surface area contributed by atoms with Gasteiger partial charge >= 0.3 is 0 Å². The first-order valence-corrected chi connectivity index (χ1v) is 12.4. The predicted molar refractivity (Wildman–Crippen MR) is 126 cm³/mol. The molecule has 2 N–H and O–H groups in total. The van der Waals surface area contributed by atoms with E-state index in [0.29, 0.717) is 6.04 Å². The maximum atomic E-state index is 5.13. The van der Waals surface area contributed by atoms with Gasteiger partial charge in [0, 0.05) is 34.3 Å². The molecule has 29 heavy (non-hydrogen) atoms. The largest absolute Gasteiger partial charge is 0.357 e. The molecule has 2 aliphatic heterocycles. The van der Waals surface area contributed by atoms with Gasteiger partial charge in [-0.05, 0) is 91.8 Å². The Morgan fingerprint density at radius 1 is 1.17 bits per heavy atom. The van der Waals surface area contributed by atoms with Crippen LogP contribution in [-0.2, 0) is 6.42 Å². The summed E-state index contributed by atoms with van der Waals surface area (Å²) in [4.78, 5) is 13.2. The highest BCUT2D eigenvalue weighted by atomic mass is 32.1. The molecule has 0 aliphatic carbocycles. The number of aryl methyl sites for hydroxylation is 1. The average Bonchev–Trinajstić information content (AvgIpc) is 3.13. The van der Waals surface area contributed by atoms with Gasteiger partial charge in [0.1, 0.15) is 0 Å². The SMILES string of the molecule is CCNC(=NCC1(N2CCCCC2)CCN(C)CC1)NC(C)Cc1ccc(C)s1. The molecule has 1 atom stereocenters. The maximum absolute atomic E-state index is 5.13. The van der Waals surface area contributed by atoms with Crippen LogP contribution < -0.4 is 10.6 Å². The van der Waals surface area contributed by atoms with Crippen LogP contribution >= 0.6 is 11.3 Å². The van der Waals surface area contributed by atoms with Crippen LogP contribution in [0.4, 0.5) is 0 Å². The molecular weight excluding hydrogens is 378 g/mol. The molecule has 5 nitrogen and oxygen atoms in total. The van der Waals surface area contributed by atoms with E-state index in [1.165, 1.54) is 68.0 Å². The van der Waals surface area contributed by atoms with Crippen molar-refractivity contribution in [1.29, 1.82) is 0 Å². The summed E-state index contributed by atoms with van der Waals surface area (Å²) >= 11 is 1.90. The summed E-state index contributed by atoms with van der Waals surface area (Å²) in [6.07, 6.45) is 7.59. The fourth-order valence-electron chi connectivity index (χ4n) is 4.70. The van der Waals surface area contributed by atoms with Crippen molar-refractivity contribution < 1.29 is 0 Å². The van der Waals surface area contributed by atoms with E-state index >= 15 is 0 Å². The van der Waals surface area contributed by atoms with Crippen molar-refractivity contribution >= 4 is 17.3 Å². The van der Waals surface area contributed by atoms with Gasteiger partial charge in [0.25, 0.3) is 0 Å². The molecule has 2 fully saturated rings. The van der Waals surface area contributed by atoms with Crippen molar-refractivity contribution in [2.75, 3.05) is 46.3 Å². The summed E-state index contributed by atoms with van der Waals surface area (Å²) in [6.45, 7) is 13.3. The third-order valence-electron chi connectivity index (χ3n) is 6.51. The number of nitrogens with one attached hydrogen (secondary N) is 2. The normalized spacial score (nSPS) is 22.4. The lowest BCUT2D eigenvalue weighted by atomic mass is 9.84. The molecule has 0 saturated carbocycles. The molecule has 0 amide bonds. The Labute approximate surface area is 182 Å². The van der Waals surface area contributed by atoms with Gasteiger partial charge in [-0.25, -0.2) is 0 Å². The standard InChI is InChI=1S/C23H41N5S/c1-5-24-22(26-19(2)17-21-10-9-20(3)29-21)25-18-23(11-15-27(4)16-12-23)28-13-7-6-8-14-28/h9-10,19H,5-8,11-18H2,1-4H3,(H2,24,25,26). The van der Waals surface area contributed by atoms with Crippen molar-refractivity contribution in [3.8, 4) is 0 Å². The van der Waals surface area contributed by atoms with Crippen molar-refractivity contribution in [3.05, 3.63) is 21.9 Å². The quantitative estimate of drug-likeness (QED) is 0.524. The van der Waals surface area contributed by atoms with Gasteiger partial charge in [-0.15, -0.1) is 11.3 Å². The molecule has 164 valence electrons. The van der Waals surface area contributed by atoms with E-state index in [2.05, 4.69) is 60.4 Å². The van der Waals surface area contributed by atoms with E-state index in [1.807, 2.05) is 11.3 Å². The van der Waals surface area contributed by atoms with Gasteiger partial charge in [0.15, 0.2) is 5.96 Å².